The van der Waals surface area contributed by atoms with Crippen LogP contribution >= 0.6 is 0 Å². The average Bonchev–Trinajstić information content (AvgIpc) is 3.44. The maximum absolute atomic E-state index is 14.6. The lowest BCUT2D eigenvalue weighted by Gasteiger charge is -2.46. The van der Waals surface area contributed by atoms with Crippen LogP contribution in [-0.2, 0) is 23.6 Å². The molecule has 2 aliphatic rings. The summed E-state index contributed by atoms with van der Waals surface area (Å²) >= 11 is 0. The van der Waals surface area contributed by atoms with Crippen molar-refractivity contribution in [3.63, 3.8) is 0 Å². The number of hydrogen-bond acceptors (Lipinski definition) is 4. The zero-order valence-electron chi connectivity index (χ0n) is 22.2. The third kappa shape index (κ3) is 4.99. The fourth-order valence-corrected chi connectivity index (χ4v) is 5.62. The summed E-state index contributed by atoms with van der Waals surface area (Å²) in [6.45, 7) is 3.51. The van der Waals surface area contributed by atoms with Gasteiger partial charge in [-0.25, -0.2) is 9.18 Å². The molecule has 1 unspecified atom stereocenters. The fraction of sp³-hybridized carbons (Fsp3) is 0.429. The molecule has 1 spiro atoms. The van der Waals surface area contributed by atoms with Crippen molar-refractivity contribution in [2.45, 2.75) is 69.6 Å². The van der Waals surface area contributed by atoms with Crippen molar-refractivity contribution < 1.29 is 45.0 Å². The maximum atomic E-state index is 14.6. The van der Waals surface area contributed by atoms with Crippen LogP contribution in [0.25, 0.3) is 11.1 Å². The Morgan fingerprint density at radius 2 is 1.68 bits per heavy atom. The maximum Gasteiger partial charge on any atom is 0.416 e. The van der Waals surface area contributed by atoms with Gasteiger partial charge in [0.05, 0.1) is 42.2 Å². The third-order valence-electron chi connectivity index (χ3n) is 7.86. The van der Waals surface area contributed by atoms with E-state index >= 15 is 0 Å². The summed E-state index contributed by atoms with van der Waals surface area (Å²) in [6, 6.07) is 4.13. The van der Waals surface area contributed by atoms with Crippen molar-refractivity contribution >= 4 is 6.09 Å². The van der Waals surface area contributed by atoms with E-state index in [4.69, 9.17) is 9.47 Å². The number of H-pyrrole nitrogens is 1. The van der Waals surface area contributed by atoms with Gasteiger partial charge in [-0.2, -0.15) is 31.4 Å². The number of amides is 1. The number of nitrogens with one attached hydrogen (secondary N) is 1. The number of alkyl halides is 6. The molecule has 41 heavy (non-hydrogen) atoms. The van der Waals surface area contributed by atoms with Gasteiger partial charge in [0.25, 0.3) is 0 Å². The van der Waals surface area contributed by atoms with E-state index in [1.807, 2.05) is 13.8 Å². The quantitative estimate of drug-likeness (QED) is 0.298. The van der Waals surface area contributed by atoms with Crippen LogP contribution in [0.3, 0.4) is 0 Å². The molecule has 1 amide bonds. The fourth-order valence-electron chi connectivity index (χ4n) is 5.62. The van der Waals surface area contributed by atoms with Crippen LogP contribution in [0.15, 0.2) is 36.5 Å². The van der Waals surface area contributed by atoms with Crippen LogP contribution in [-0.4, -0.2) is 33.8 Å². The molecule has 1 atom stereocenters. The van der Waals surface area contributed by atoms with Crippen molar-refractivity contribution in [3.8, 4) is 16.9 Å². The number of nitrogens with zero attached hydrogens (tertiary/aromatic N) is 2. The number of methoxy groups -OCH3 is 1. The number of carbonyl (C=O) groups is 1. The third-order valence-corrected chi connectivity index (χ3v) is 7.86. The van der Waals surface area contributed by atoms with E-state index in [0.29, 0.717) is 53.8 Å². The first-order valence-electron chi connectivity index (χ1n) is 12.8. The van der Waals surface area contributed by atoms with Gasteiger partial charge >= 0.3 is 18.4 Å². The minimum absolute atomic E-state index is 0.0455. The van der Waals surface area contributed by atoms with Gasteiger partial charge in [0.15, 0.2) is 6.10 Å². The van der Waals surface area contributed by atoms with Gasteiger partial charge in [-0.15, -0.1) is 0 Å². The summed E-state index contributed by atoms with van der Waals surface area (Å²) in [7, 11) is 1.38. The summed E-state index contributed by atoms with van der Waals surface area (Å²) in [5, 5.41) is 6.90. The summed E-state index contributed by atoms with van der Waals surface area (Å²) in [4.78, 5) is 14.5. The largest absolute Gasteiger partial charge is 0.496 e. The standard InChI is InChI=1S/C28H26F7N3O3/c1-14(2)18-10-19(23(40-3)11-21(18)29)20-12-36-37-22(20)13-38-25(39)41-24(26(38)5-4-6-26)15-7-16(27(30,31)32)9-17(8-15)28(33,34)35/h7-12,14,24H,4-6,13H2,1-3H3,(H,36,37). The molecule has 2 heterocycles. The molecule has 2 fully saturated rings. The van der Waals surface area contributed by atoms with Gasteiger partial charge in [0, 0.05) is 17.2 Å². The lowest BCUT2D eigenvalue weighted by atomic mass is 9.70. The monoisotopic (exact) mass is 585 g/mol. The first kappa shape index (κ1) is 28.7. The molecule has 1 aliphatic carbocycles. The molecule has 0 bridgehead atoms. The Bertz CT molecular complexity index is 1440. The van der Waals surface area contributed by atoms with E-state index in [1.165, 1.54) is 24.3 Å². The number of benzene rings is 2. The number of aromatic nitrogens is 2. The second-order valence-corrected chi connectivity index (χ2v) is 10.6. The van der Waals surface area contributed by atoms with Gasteiger partial charge in [0.1, 0.15) is 11.6 Å². The zero-order chi connectivity index (χ0) is 29.9. The number of rotatable bonds is 6. The Balaban J connectivity index is 1.54. The molecule has 6 nitrogen and oxygen atoms in total. The van der Waals surface area contributed by atoms with Crippen LogP contribution in [0.2, 0.25) is 0 Å². The SMILES string of the molecule is COc1cc(F)c(C(C)C)cc1-c1cn[nH]c1CN1C(=O)OC(c2cc(C(F)(F)F)cc(C(F)(F)F)c2)C12CCC2. The number of carbonyl (C=O) groups excluding carboxylic acids is 1. The first-order chi connectivity index (χ1) is 19.2. The molecule has 2 aromatic carbocycles. The Hall–Kier alpha value is -3.77. The second-order valence-electron chi connectivity index (χ2n) is 10.6. The molecule has 13 heteroatoms. The molecule has 1 N–H and O–H groups in total. The number of cyclic esters (lactones) is 1. The molecule has 5 rings (SSSR count). The summed E-state index contributed by atoms with van der Waals surface area (Å²) in [6.07, 6.45) is -9.64. The van der Waals surface area contributed by atoms with E-state index in [9.17, 15) is 35.5 Å². The first-order valence-corrected chi connectivity index (χ1v) is 12.8. The zero-order valence-corrected chi connectivity index (χ0v) is 22.2. The van der Waals surface area contributed by atoms with Gasteiger partial charge in [0.2, 0.25) is 0 Å². The number of hydrogen-bond donors (Lipinski definition) is 1. The van der Waals surface area contributed by atoms with E-state index in [1.54, 1.807) is 6.07 Å². The normalized spacial score (nSPS) is 18.7. The van der Waals surface area contributed by atoms with Crippen LogP contribution in [0, 0.1) is 5.82 Å². The van der Waals surface area contributed by atoms with Gasteiger partial charge < -0.3 is 9.47 Å². The van der Waals surface area contributed by atoms with E-state index in [2.05, 4.69) is 10.2 Å². The van der Waals surface area contributed by atoms with Gasteiger partial charge in [-0.3, -0.25) is 10.00 Å². The van der Waals surface area contributed by atoms with Crippen molar-refractivity contribution in [2.24, 2.45) is 0 Å². The van der Waals surface area contributed by atoms with Crippen LogP contribution in [0.4, 0.5) is 35.5 Å². The highest BCUT2D eigenvalue weighted by molar-refractivity contribution is 5.76. The highest BCUT2D eigenvalue weighted by Gasteiger charge is 2.59. The predicted octanol–water partition coefficient (Wildman–Crippen LogP) is 8.00. The van der Waals surface area contributed by atoms with E-state index in [0.717, 1.165) is 0 Å². The minimum Gasteiger partial charge on any atom is -0.496 e. The Labute approximate surface area is 230 Å². The Morgan fingerprint density at radius 1 is 1.05 bits per heavy atom. The van der Waals surface area contributed by atoms with E-state index < -0.39 is 47.0 Å². The Morgan fingerprint density at radius 3 is 2.20 bits per heavy atom. The molecule has 3 aromatic rings. The highest BCUT2D eigenvalue weighted by Crippen LogP contribution is 2.55. The van der Waals surface area contributed by atoms with Crippen molar-refractivity contribution in [1.29, 1.82) is 0 Å². The molecule has 1 aliphatic heterocycles. The van der Waals surface area contributed by atoms with Gasteiger partial charge in [-0.1, -0.05) is 13.8 Å². The topological polar surface area (TPSA) is 67.5 Å². The summed E-state index contributed by atoms with van der Waals surface area (Å²) < 4.78 is 107. The molecular formula is C28H26F7N3O3. The predicted molar refractivity (Wildman–Crippen MR) is 132 cm³/mol. The second kappa shape index (κ2) is 9.95. The summed E-state index contributed by atoms with van der Waals surface area (Å²) in [5.74, 6) is -0.389. The van der Waals surface area contributed by atoms with Crippen LogP contribution < -0.4 is 4.74 Å². The average molecular weight is 586 g/mol. The van der Waals surface area contributed by atoms with Crippen molar-refractivity contribution in [3.05, 3.63) is 70.3 Å². The number of ether oxygens (including phenoxy) is 2. The van der Waals surface area contributed by atoms with Crippen molar-refractivity contribution in [2.75, 3.05) is 7.11 Å². The van der Waals surface area contributed by atoms with E-state index in [-0.39, 0.29) is 29.8 Å². The lowest BCUT2D eigenvalue weighted by molar-refractivity contribution is -0.143. The van der Waals surface area contributed by atoms with Crippen LogP contribution in [0.5, 0.6) is 5.75 Å². The van der Waals surface area contributed by atoms with Crippen molar-refractivity contribution in [1.82, 2.24) is 15.1 Å². The number of aromatic amines is 1. The molecular weight excluding hydrogens is 559 g/mol. The molecule has 1 aromatic heterocycles. The molecule has 1 saturated carbocycles. The minimum atomic E-state index is -5.04. The highest BCUT2D eigenvalue weighted by atomic mass is 19.4. The lowest BCUT2D eigenvalue weighted by Crippen LogP contribution is -2.53. The molecule has 1 saturated heterocycles. The number of halogens is 7. The molecule has 0 radical (unpaired) electrons. The van der Waals surface area contributed by atoms with Gasteiger partial charge in [-0.05, 0) is 60.6 Å². The molecule has 220 valence electrons. The Kier molecular flexibility index (Phi) is 6.98. The summed E-state index contributed by atoms with van der Waals surface area (Å²) in [5.41, 5.74) is -2.67. The smallest absolute Gasteiger partial charge is 0.416 e. The van der Waals surface area contributed by atoms with Crippen LogP contribution in [0.1, 0.15) is 73.1 Å².